The number of H-pyrrole nitrogens is 1. The Labute approximate surface area is 173 Å². The van der Waals surface area contributed by atoms with Crippen LogP contribution in [0.15, 0.2) is 24.3 Å². The third-order valence-corrected chi connectivity index (χ3v) is 4.89. The van der Waals surface area contributed by atoms with Crippen molar-refractivity contribution >= 4 is 5.91 Å². The predicted molar refractivity (Wildman–Crippen MR) is 98.6 cm³/mol. The van der Waals surface area contributed by atoms with E-state index in [1.807, 2.05) is 4.90 Å². The van der Waals surface area contributed by atoms with Gasteiger partial charge >= 0.3 is 6.18 Å². The fourth-order valence-electron chi connectivity index (χ4n) is 3.39. The van der Waals surface area contributed by atoms with Crippen molar-refractivity contribution in [2.75, 3.05) is 26.2 Å². The molecule has 1 amide bonds. The Morgan fingerprint density at radius 2 is 1.87 bits per heavy atom. The van der Waals surface area contributed by atoms with Gasteiger partial charge in [0.2, 0.25) is 0 Å². The number of aryl methyl sites for hydroxylation is 1. The highest BCUT2D eigenvalue weighted by Crippen LogP contribution is 2.33. The molecule has 0 unspecified atom stereocenters. The molecule has 0 aliphatic carbocycles. The lowest BCUT2D eigenvalue weighted by atomic mass is 10.2. The molecule has 1 fully saturated rings. The summed E-state index contributed by atoms with van der Waals surface area (Å²) in [6, 6.07) is 4.86. The Morgan fingerprint density at radius 1 is 1.16 bits per heavy atom. The molecule has 9 nitrogen and oxygen atoms in total. The number of aromatic nitrogens is 6. The van der Waals surface area contributed by atoms with E-state index < -0.39 is 35.0 Å². The number of halogens is 4. The zero-order chi connectivity index (χ0) is 22.2. The van der Waals surface area contributed by atoms with Crippen molar-refractivity contribution in [3.05, 3.63) is 53.1 Å². The van der Waals surface area contributed by atoms with Crippen LogP contribution in [0.3, 0.4) is 0 Å². The Hall–Kier alpha value is -3.35. The number of aromatic amines is 1. The van der Waals surface area contributed by atoms with E-state index in [9.17, 15) is 22.4 Å². The third-order valence-electron chi connectivity index (χ3n) is 4.89. The summed E-state index contributed by atoms with van der Waals surface area (Å²) in [6.07, 6.45) is -4.96. The van der Waals surface area contributed by atoms with Gasteiger partial charge in [0.1, 0.15) is 17.3 Å². The van der Waals surface area contributed by atoms with Gasteiger partial charge in [0.25, 0.3) is 5.91 Å². The Bertz CT molecular complexity index is 1080. The Kier molecular flexibility index (Phi) is 5.43. The van der Waals surface area contributed by atoms with Gasteiger partial charge in [0.05, 0.1) is 6.54 Å². The molecule has 2 aromatic heterocycles. The second kappa shape index (κ2) is 8.06. The summed E-state index contributed by atoms with van der Waals surface area (Å²) < 4.78 is 55.7. The molecule has 0 saturated carbocycles. The van der Waals surface area contributed by atoms with Crippen molar-refractivity contribution in [2.45, 2.75) is 19.6 Å². The van der Waals surface area contributed by atoms with E-state index in [2.05, 4.69) is 25.5 Å². The smallest absolute Gasteiger partial charge is 0.335 e. The SMILES string of the molecule is Cc1nc(CN2CCN(C(=O)c3nnn(-c4ccccc4F)c3C(F)(F)F)CC2)n[nH]1. The normalized spacial score (nSPS) is 15.5. The van der Waals surface area contributed by atoms with Crippen LogP contribution >= 0.6 is 0 Å². The lowest BCUT2D eigenvalue weighted by Crippen LogP contribution is -2.48. The fourth-order valence-corrected chi connectivity index (χ4v) is 3.39. The quantitative estimate of drug-likeness (QED) is 0.625. The molecule has 31 heavy (non-hydrogen) atoms. The lowest BCUT2D eigenvalue weighted by Gasteiger charge is -2.33. The van der Waals surface area contributed by atoms with Crippen LogP contribution in [0.25, 0.3) is 5.69 Å². The number of rotatable bonds is 4. The van der Waals surface area contributed by atoms with E-state index in [0.717, 1.165) is 12.1 Å². The highest BCUT2D eigenvalue weighted by molar-refractivity contribution is 5.93. The molecule has 0 radical (unpaired) electrons. The molecule has 0 bridgehead atoms. The number of alkyl halides is 3. The standard InChI is InChI=1S/C18H18F4N8O/c1-11-23-14(25-24-11)10-28-6-8-29(9-7-28)17(31)15-16(18(20,21)22)30(27-26-15)13-5-3-2-4-12(13)19/h2-5H,6-10H2,1H3,(H,23,24,25). The number of carbonyl (C=O) groups is 1. The minimum atomic E-state index is -4.96. The second-order valence-electron chi connectivity index (χ2n) is 7.05. The van der Waals surface area contributed by atoms with Crippen LogP contribution in [0, 0.1) is 12.7 Å². The van der Waals surface area contributed by atoms with Crippen LogP contribution in [0.4, 0.5) is 17.6 Å². The number of nitrogens with one attached hydrogen (secondary N) is 1. The number of carbonyl (C=O) groups excluding carboxylic acids is 1. The van der Waals surface area contributed by atoms with E-state index in [-0.39, 0.29) is 13.1 Å². The van der Waals surface area contributed by atoms with Gasteiger partial charge in [-0.2, -0.15) is 18.3 Å². The van der Waals surface area contributed by atoms with Crippen LogP contribution in [0.1, 0.15) is 27.8 Å². The van der Waals surface area contributed by atoms with Gasteiger partial charge in [-0.05, 0) is 19.1 Å². The molecule has 0 atom stereocenters. The van der Waals surface area contributed by atoms with Crippen LogP contribution in [0.2, 0.25) is 0 Å². The maximum atomic E-state index is 14.1. The maximum Gasteiger partial charge on any atom is 0.435 e. The molecule has 4 rings (SSSR count). The average Bonchev–Trinajstić information content (AvgIpc) is 3.34. The van der Waals surface area contributed by atoms with Crippen LogP contribution < -0.4 is 0 Å². The number of para-hydroxylation sites is 1. The number of nitrogens with zero attached hydrogens (tertiary/aromatic N) is 7. The van der Waals surface area contributed by atoms with Crippen molar-refractivity contribution in [3.8, 4) is 5.69 Å². The van der Waals surface area contributed by atoms with Crippen molar-refractivity contribution in [1.82, 2.24) is 40.0 Å². The highest BCUT2D eigenvalue weighted by Gasteiger charge is 2.43. The number of amides is 1. The van der Waals surface area contributed by atoms with Crippen LogP contribution in [0.5, 0.6) is 0 Å². The van der Waals surface area contributed by atoms with Crippen LogP contribution in [-0.4, -0.2) is 72.1 Å². The second-order valence-corrected chi connectivity index (χ2v) is 7.05. The predicted octanol–water partition coefficient (Wildman–Crippen LogP) is 1.81. The molecule has 3 aromatic rings. The summed E-state index contributed by atoms with van der Waals surface area (Å²) >= 11 is 0. The number of benzene rings is 1. The highest BCUT2D eigenvalue weighted by atomic mass is 19.4. The minimum Gasteiger partial charge on any atom is -0.335 e. The average molecular weight is 438 g/mol. The first kappa shape index (κ1) is 20.9. The van der Waals surface area contributed by atoms with Gasteiger partial charge in [-0.1, -0.05) is 17.3 Å². The maximum absolute atomic E-state index is 14.1. The zero-order valence-corrected chi connectivity index (χ0v) is 16.4. The van der Waals surface area contributed by atoms with E-state index in [1.165, 1.54) is 17.0 Å². The number of hydrogen-bond acceptors (Lipinski definition) is 6. The van der Waals surface area contributed by atoms with Gasteiger partial charge in [-0.3, -0.25) is 14.8 Å². The molecular formula is C18H18F4N8O. The number of piperazine rings is 1. The summed E-state index contributed by atoms with van der Waals surface area (Å²) in [6.45, 7) is 3.51. The van der Waals surface area contributed by atoms with Crippen molar-refractivity contribution < 1.29 is 22.4 Å². The van der Waals surface area contributed by atoms with Gasteiger partial charge in [0, 0.05) is 26.2 Å². The molecule has 13 heteroatoms. The molecule has 1 aromatic carbocycles. The summed E-state index contributed by atoms with van der Waals surface area (Å²) in [5.41, 5.74) is -2.69. The molecule has 1 saturated heterocycles. The van der Waals surface area contributed by atoms with E-state index in [1.54, 1.807) is 6.92 Å². The van der Waals surface area contributed by atoms with E-state index in [0.29, 0.717) is 36.0 Å². The first-order chi connectivity index (χ1) is 14.7. The first-order valence-corrected chi connectivity index (χ1v) is 9.41. The van der Waals surface area contributed by atoms with Gasteiger partial charge in [0.15, 0.2) is 17.2 Å². The molecule has 1 N–H and O–H groups in total. The van der Waals surface area contributed by atoms with Crippen LogP contribution in [-0.2, 0) is 12.7 Å². The van der Waals surface area contributed by atoms with E-state index in [4.69, 9.17) is 0 Å². The molecule has 1 aliphatic heterocycles. The fraction of sp³-hybridized carbons (Fsp3) is 0.389. The Morgan fingerprint density at radius 3 is 2.48 bits per heavy atom. The number of hydrogen-bond donors (Lipinski definition) is 1. The summed E-state index contributed by atoms with van der Waals surface area (Å²) in [4.78, 5) is 20.3. The van der Waals surface area contributed by atoms with Crippen molar-refractivity contribution in [2.24, 2.45) is 0 Å². The topological polar surface area (TPSA) is 95.8 Å². The van der Waals surface area contributed by atoms with Crippen molar-refractivity contribution in [1.29, 1.82) is 0 Å². The summed E-state index contributed by atoms with van der Waals surface area (Å²) in [5, 5.41) is 13.7. The molecule has 164 valence electrons. The Balaban J connectivity index is 1.53. The minimum absolute atomic E-state index is 0.200. The molecule has 0 spiro atoms. The van der Waals surface area contributed by atoms with Crippen molar-refractivity contribution in [3.63, 3.8) is 0 Å². The van der Waals surface area contributed by atoms with E-state index >= 15 is 0 Å². The van der Waals surface area contributed by atoms with Gasteiger partial charge in [-0.15, -0.1) is 5.10 Å². The first-order valence-electron chi connectivity index (χ1n) is 9.41. The summed E-state index contributed by atoms with van der Waals surface area (Å²) in [7, 11) is 0. The lowest BCUT2D eigenvalue weighted by molar-refractivity contribution is -0.143. The molecular weight excluding hydrogens is 420 g/mol. The molecule has 1 aliphatic rings. The largest absolute Gasteiger partial charge is 0.435 e. The van der Waals surface area contributed by atoms with Gasteiger partial charge < -0.3 is 4.90 Å². The summed E-state index contributed by atoms with van der Waals surface area (Å²) in [5.74, 6) is -0.526. The third kappa shape index (κ3) is 4.26. The monoisotopic (exact) mass is 438 g/mol. The zero-order valence-electron chi connectivity index (χ0n) is 16.4. The van der Waals surface area contributed by atoms with Gasteiger partial charge in [-0.25, -0.2) is 14.1 Å². The molecule has 3 heterocycles.